The maximum absolute atomic E-state index is 6.09. The smallest absolute Gasteiger partial charge is 0.240 e. The van der Waals surface area contributed by atoms with Gasteiger partial charge in [0.15, 0.2) is 0 Å². The molecule has 0 aliphatic carbocycles. The van der Waals surface area contributed by atoms with Crippen LogP contribution in [0.5, 0.6) is 11.6 Å². The van der Waals surface area contributed by atoms with Crippen molar-refractivity contribution in [3.63, 3.8) is 0 Å². The van der Waals surface area contributed by atoms with Crippen molar-refractivity contribution in [3.8, 4) is 11.6 Å². The highest BCUT2D eigenvalue weighted by Crippen LogP contribution is 2.26. The Morgan fingerprint density at radius 1 is 0.964 bits per heavy atom. The van der Waals surface area contributed by atoms with E-state index >= 15 is 0 Å². The zero-order chi connectivity index (χ0) is 19.2. The molecule has 1 aliphatic heterocycles. The van der Waals surface area contributed by atoms with Crippen LogP contribution in [0.1, 0.15) is 31.2 Å². The molecule has 2 aromatic carbocycles. The quantitative estimate of drug-likeness (QED) is 0.546. The molecule has 0 radical (unpaired) electrons. The zero-order valence-corrected chi connectivity index (χ0v) is 16.6. The number of para-hydroxylation sites is 1. The Kier molecular flexibility index (Phi) is 6.12. The van der Waals surface area contributed by atoms with Crippen LogP contribution in [0.4, 0.5) is 0 Å². The van der Waals surface area contributed by atoms with Gasteiger partial charge in [-0.15, -0.1) is 5.10 Å². The first-order valence-electron chi connectivity index (χ1n) is 10.3. The van der Waals surface area contributed by atoms with Gasteiger partial charge in [0, 0.05) is 6.54 Å². The normalized spacial score (nSPS) is 15.0. The highest BCUT2D eigenvalue weighted by atomic mass is 16.5. The molecule has 28 heavy (non-hydrogen) atoms. The maximum atomic E-state index is 6.09. The second-order valence-corrected chi connectivity index (χ2v) is 7.43. The van der Waals surface area contributed by atoms with Gasteiger partial charge < -0.3 is 14.4 Å². The Morgan fingerprint density at radius 2 is 1.75 bits per heavy atom. The second kappa shape index (κ2) is 9.11. The molecule has 4 rings (SSSR count). The summed E-state index contributed by atoms with van der Waals surface area (Å²) in [5.41, 5.74) is 2.29. The maximum Gasteiger partial charge on any atom is 0.240 e. The van der Waals surface area contributed by atoms with Gasteiger partial charge in [0.1, 0.15) is 5.75 Å². The van der Waals surface area contributed by atoms with E-state index in [1.165, 1.54) is 37.9 Å². The van der Waals surface area contributed by atoms with Gasteiger partial charge in [0.2, 0.25) is 5.88 Å². The molecule has 2 heterocycles. The molecule has 1 fully saturated rings. The van der Waals surface area contributed by atoms with Gasteiger partial charge >= 0.3 is 0 Å². The van der Waals surface area contributed by atoms with Crippen LogP contribution in [0, 0.1) is 0 Å². The molecule has 0 spiro atoms. The van der Waals surface area contributed by atoms with E-state index < -0.39 is 0 Å². The summed E-state index contributed by atoms with van der Waals surface area (Å²) in [5.74, 6) is 1.61. The molecule has 0 amide bonds. The van der Waals surface area contributed by atoms with E-state index in [-0.39, 0.29) is 0 Å². The van der Waals surface area contributed by atoms with Gasteiger partial charge in [-0.3, -0.25) is 4.68 Å². The molecular weight excluding hydrogens is 350 g/mol. The number of piperidine rings is 1. The molecular formula is C23H29N3O2. The van der Waals surface area contributed by atoms with Gasteiger partial charge in [0.05, 0.1) is 31.2 Å². The molecule has 0 unspecified atom stereocenters. The minimum absolute atomic E-state index is 0.708. The molecule has 0 bridgehead atoms. The van der Waals surface area contributed by atoms with Crippen LogP contribution in [0.2, 0.25) is 0 Å². The molecule has 0 atom stereocenters. The minimum Gasteiger partial charge on any atom is -0.497 e. The van der Waals surface area contributed by atoms with Gasteiger partial charge in [-0.05, 0) is 62.2 Å². The van der Waals surface area contributed by atoms with Crippen LogP contribution in [-0.4, -0.2) is 48.0 Å². The summed E-state index contributed by atoms with van der Waals surface area (Å²) < 4.78 is 13.4. The molecule has 1 aliphatic rings. The summed E-state index contributed by atoms with van der Waals surface area (Å²) in [6.07, 6.45) is 5.09. The van der Waals surface area contributed by atoms with E-state index in [1.807, 2.05) is 22.9 Å². The predicted molar refractivity (Wildman–Crippen MR) is 112 cm³/mol. The number of fused-ring (bicyclic) bond motifs is 1. The Hall–Kier alpha value is -2.53. The Balaban J connectivity index is 1.41. The van der Waals surface area contributed by atoms with Gasteiger partial charge in [-0.1, -0.05) is 30.7 Å². The average Bonchev–Trinajstić information content (AvgIpc) is 3.10. The number of aromatic nitrogens is 2. The van der Waals surface area contributed by atoms with Crippen LogP contribution in [0.3, 0.4) is 0 Å². The highest BCUT2D eigenvalue weighted by Gasteiger charge is 2.13. The lowest BCUT2D eigenvalue weighted by Crippen LogP contribution is -2.31. The zero-order valence-electron chi connectivity index (χ0n) is 16.6. The van der Waals surface area contributed by atoms with E-state index in [0.29, 0.717) is 13.2 Å². The number of nitrogens with zero attached hydrogens (tertiary/aromatic N) is 3. The van der Waals surface area contributed by atoms with E-state index in [4.69, 9.17) is 14.6 Å². The van der Waals surface area contributed by atoms with E-state index in [1.54, 1.807) is 7.11 Å². The van der Waals surface area contributed by atoms with Crippen LogP contribution in [-0.2, 0) is 6.54 Å². The second-order valence-electron chi connectivity index (χ2n) is 7.43. The van der Waals surface area contributed by atoms with Crippen molar-refractivity contribution in [1.29, 1.82) is 0 Å². The fourth-order valence-corrected chi connectivity index (χ4v) is 3.87. The summed E-state index contributed by atoms with van der Waals surface area (Å²) in [4.78, 5) is 2.55. The monoisotopic (exact) mass is 379 g/mol. The molecule has 148 valence electrons. The molecule has 0 saturated carbocycles. The Morgan fingerprint density at radius 3 is 2.54 bits per heavy atom. The third kappa shape index (κ3) is 4.47. The summed E-state index contributed by atoms with van der Waals surface area (Å²) >= 11 is 0. The third-order valence-corrected chi connectivity index (χ3v) is 5.42. The van der Waals surface area contributed by atoms with Crippen molar-refractivity contribution in [2.24, 2.45) is 0 Å². The summed E-state index contributed by atoms with van der Waals surface area (Å²) in [7, 11) is 1.69. The van der Waals surface area contributed by atoms with Crippen molar-refractivity contribution < 1.29 is 9.47 Å². The number of benzene rings is 2. The predicted octanol–water partition coefficient (Wildman–Crippen LogP) is 4.35. The summed E-state index contributed by atoms with van der Waals surface area (Å²) in [6.45, 7) is 5.00. The first-order chi connectivity index (χ1) is 13.8. The van der Waals surface area contributed by atoms with Gasteiger partial charge in [-0.25, -0.2) is 0 Å². The Labute approximate surface area is 166 Å². The van der Waals surface area contributed by atoms with Gasteiger partial charge in [-0.2, -0.15) is 0 Å². The van der Waals surface area contributed by atoms with E-state index in [9.17, 15) is 0 Å². The minimum atomic E-state index is 0.708. The van der Waals surface area contributed by atoms with Crippen molar-refractivity contribution in [2.45, 2.75) is 32.2 Å². The SMILES string of the molecule is COc1ccc(Cn2nc(OCCCN3CCCCC3)c3ccccc32)cc1. The topological polar surface area (TPSA) is 39.5 Å². The average molecular weight is 380 g/mol. The first-order valence-corrected chi connectivity index (χ1v) is 10.3. The van der Waals surface area contributed by atoms with E-state index in [2.05, 4.69) is 35.2 Å². The number of ether oxygens (including phenoxy) is 2. The number of hydrogen-bond acceptors (Lipinski definition) is 4. The molecule has 1 saturated heterocycles. The first kappa shape index (κ1) is 18.8. The number of hydrogen-bond donors (Lipinski definition) is 0. The lowest BCUT2D eigenvalue weighted by Gasteiger charge is -2.26. The number of rotatable bonds is 8. The lowest BCUT2D eigenvalue weighted by atomic mass is 10.1. The summed E-state index contributed by atoms with van der Waals surface area (Å²) in [6, 6.07) is 16.4. The highest BCUT2D eigenvalue weighted by molar-refractivity contribution is 5.84. The van der Waals surface area contributed by atoms with Crippen molar-refractivity contribution in [2.75, 3.05) is 33.4 Å². The van der Waals surface area contributed by atoms with Crippen LogP contribution >= 0.6 is 0 Å². The molecule has 1 aromatic heterocycles. The molecule has 5 nitrogen and oxygen atoms in total. The lowest BCUT2D eigenvalue weighted by molar-refractivity contribution is 0.203. The molecule has 3 aromatic rings. The van der Waals surface area contributed by atoms with E-state index in [0.717, 1.165) is 35.5 Å². The van der Waals surface area contributed by atoms with Crippen LogP contribution in [0.25, 0.3) is 10.9 Å². The number of likely N-dealkylation sites (tertiary alicyclic amines) is 1. The summed E-state index contributed by atoms with van der Waals surface area (Å²) in [5, 5.41) is 5.84. The van der Waals surface area contributed by atoms with Crippen LogP contribution < -0.4 is 9.47 Å². The van der Waals surface area contributed by atoms with Crippen molar-refractivity contribution in [3.05, 3.63) is 54.1 Å². The molecule has 0 N–H and O–H groups in total. The largest absolute Gasteiger partial charge is 0.497 e. The molecule has 5 heteroatoms. The van der Waals surface area contributed by atoms with Crippen molar-refractivity contribution >= 4 is 10.9 Å². The Bertz CT molecular complexity index is 883. The van der Waals surface area contributed by atoms with Gasteiger partial charge in [0.25, 0.3) is 0 Å². The fraction of sp³-hybridized carbons (Fsp3) is 0.435. The fourth-order valence-electron chi connectivity index (χ4n) is 3.87. The van der Waals surface area contributed by atoms with Crippen molar-refractivity contribution in [1.82, 2.24) is 14.7 Å². The standard InChI is InChI=1S/C23H29N3O2/c1-27-20-12-10-19(11-13-20)18-26-22-9-4-3-8-21(22)23(24-26)28-17-7-16-25-14-5-2-6-15-25/h3-4,8-13H,2,5-7,14-18H2,1H3. The number of methoxy groups -OCH3 is 1. The van der Waals surface area contributed by atoms with Crippen LogP contribution in [0.15, 0.2) is 48.5 Å². The third-order valence-electron chi connectivity index (χ3n) is 5.42.